The van der Waals surface area contributed by atoms with E-state index in [4.69, 9.17) is 0 Å². The van der Waals surface area contributed by atoms with E-state index in [1.165, 1.54) is 24.3 Å². The summed E-state index contributed by atoms with van der Waals surface area (Å²) in [5, 5.41) is 2.94. The van der Waals surface area contributed by atoms with Gasteiger partial charge in [-0.3, -0.25) is 4.72 Å². The molecule has 10 heteroatoms. The molecule has 0 radical (unpaired) electrons. The Bertz CT molecular complexity index is 691. The van der Waals surface area contributed by atoms with E-state index >= 15 is 0 Å². The van der Waals surface area contributed by atoms with Crippen molar-refractivity contribution in [1.29, 1.82) is 0 Å². The molecule has 1 unspecified atom stereocenters. The average Bonchev–Trinajstić information content (AvgIpc) is 2.51. The van der Waals surface area contributed by atoms with Crippen LogP contribution < -0.4 is 14.8 Å². The van der Waals surface area contributed by atoms with Crippen molar-refractivity contribution in [2.75, 3.05) is 24.1 Å². The van der Waals surface area contributed by atoms with Crippen molar-refractivity contribution in [3.8, 4) is 0 Å². The van der Waals surface area contributed by atoms with Crippen LogP contribution in [-0.2, 0) is 20.0 Å². The van der Waals surface area contributed by atoms with Crippen LogP contribution in [0.4, 0.5) is 5.69 Å². The monoisotopic (exact) mass is 399 g/mol. The van der Waals surface area contributed by atoms with Gasteiger partial charge in [0.25, 0.3) is 0 Å². The second-order valence-corrected chi connectivity index (χ2v) is 8.95. The summed E-state index contributed by atoms with van der Waals surface area (Å²) in [7, 11) is -5.25. The van der Waals surface area contributed by atoms with Gasteiger partial charge in [0.2, 0.25) is 20.0 Å². The van der Waals surface area contributed by atoms with Crippen molar-refractivity contribution in [1.82, 2.24) is 10.0 Å². The van der Waals surface area contributed by atoms with Crippen LogP contribution in [0.2, 0.25) is 0 Å². The number of anilines is 1. The molecule has 140 valence electrons. The van der Waals surface area contributed by atoms with Crippen LogP contribution >= 0.6 is 12.4 Å². The minimum Gasteiger partial charge on any atom is -0.316 e. The largest absolute Gasteiger partial charge is 0.316 e. The fourth-order valence-electron chi connectivity index (χ4n) is 1.69. The number of hydrogen-bond acceptors (Lipinski definition) is 5. The van der Waals surface area contributed by atoms with E-state index in [0.717, 1.165) is 6.42 Å². The van der Waals surface area contributed by atoms with Crippen molar-refractivity contribution in [2.45, 2.75) is 37.6 Å². The number of halogens is 1. The maximum atomic E-state index is 12.1. The van der Waals surface area contributed by atoms with Gasteiger partial charge in [0.1, 0.15) is 0 Å². The summed E-state index contributed by atoms with van der Waals surface area (Å²) < 4.78 is 52.8. The SMILES string of the molecule is CCCCS(=O)(=O)Nc1ccc(S(=O)(=O)NCC(C)NC)cc1.Cl. The van der Waals surface area contributed by atoms with Gasteiger partial charge in [-0.2, -0.15) is 0 Å². The van der Waals surface area contributed by atoms with E-state index in [9.17, 15) is 16.8 Å². The predicted octanol–water partition coefficient (Wildman–Crippen LogP) is 1.54. The molecule has 0 saturated carbocycles. The van der Waals surface area contributed by atoms with Gasteiger partial charge in [-0.1, -0.05) is 13.3 Å². The van der Waals surface area contributed by atoms with E-state index in [0.29, 0.717) is 12.1 Å². The molecule has 0 aromatic heterocycles. The number of likely N-dealkylation sites (N-methyl/N-ethyl adjacent to an activating group) is 1. The minimum atomic E-state index is -3.61. The van der Waals surface area contributed by atoms with E-state index < -0.39 is 20.0 Å². The molecule has 0 spiro atoms. The number of unbranched alkanes of at least 4 members (excludes halogenated alkanes) is 1. The Morgan fingerprint density at radius 2 is 1.67 bits per heavy atom. The van der Waals surface area contributed by atoms with E-state index in [1.54, 1.807) is 7.05 Å². The number of rotatable bonds is 10. The molecule has 24 heavy (non-hydrogen) atoms. The van der Waals surface area contributed by atoms with E-state index in [-0.39, 0.29) is 35.6 Å². The van der Waals surface area contributed by atoms with Gasteiger partial charge in [-0.15, -0.1) is 12.4 Å². The molecule has 0 aliphatic rings. The van der Waals surface area contributed by atoms with Crippen LogP contribution in [0, 0.1) is 0 Å². The molecule has 1 aromatic rings. The van der Waals surface area contributed by atoms with Crippen LogP contribution in [0.3, 0.4) is 0 Å². The van der Waals surface area contributed by atoms with Gasteiger partial charge in [-0.05, 0) is 44.7 Å². The lowest BCUT2D eigenvalue weighted by Crippen LogP contribution is -2.37. The van der Waals surface area contributed by atoms with Crippen LogP contribution in [-0.4, -0.2) is 42.2 Å². The lowest BCUT2D eigenvalue weighted by molar-refractivity contribution is 0.554. The second-order valence-electron chi connectivity index (χ2n) is 5.34. The smallest absolute Gasteiger partial charge is 0.240 e. The topological polar surface area (TPSA) is 104 Å². The number of hydrogen-bond donors (Lipinski definition) is 3. The number of sulfonamides is 2. The molecule has 1 aromatic carbocycles. The molecule has 1 rings (SSSR count). The Kier molecular flexibility index (Phi) is 9.83. The van der Waals surface area contributed by atoms with Gasteiger partial charge in [0, 0.05) is 18.3 Å². The summed E-state index contributed by atoms with van der Waals surface area (Å²) in [5.74, 6) is 0.0486. The Morgan fingerprint density at radius 1 is 1.08 bits per heavy atom. The highest BCUT2D eigenvalue weighted by Gasteiger charge is 2.15. The highest BCUT2D eigenvalue weighted by Crippen LogP contribution is 2.15. The van der Waals surface area contributed by atoms with Crippen LogP contribution in [0.1, 0.15) is 26.7 Å². The van der Waals surface area contributed by atoms with Gasteiger partial charge >= 0.3 is 0 Å². The quantitative estimate of drug-likeness (QED) is 0.553. The zero-order chi connectivity index (χ0) is 17.5. The fourth-order valence-corrected chi connectivity index (χ4v) is 4.08. The summed E-state index contributed by atoms with van der Waals surface area (Å²) >= 11 is 0. The first-order chi connectivity index (χ1) is 10.7. The molecule has 0 bridgehead atoms. The normalized spacial score (nSPS) is 13.1. The van der Waals surface area contributed by atoms with Crippen molar-refractivity contribution in [3.05, 3.63) is 24.3 Å². The molecule has 0 aliphatic heterocycles. The standard InChI is InChI=1S/C14H25N3O4S2.ClH/c1-4-5-10-22(18,19)17-13-6-8-14(9-7-13)23(20,21)16-11-12(2)15-3;/h6-9,12,15-17H,4-5,10-11H2,1-3H3;1H. The third-order valence-corrected chi connectivity index (χ3v) is 6.09. The zero-order valence-electron chi connectivity index (χ0n) is 14.1. The van der Waals surface area contributed by atoms with Gasteiger partial charge in [-0.25, -0.2) is 21.6 Å². The third-order valence-electron chi connectivity index (χ3n) is 3.28. The van der Waals surface area contributed by atoms with Crippen molar-refractivity contribution < 1.29 is 16.8 Å². The van der Waals surface area contributed by atoms with E-state index in [2.05, 4.69) is 14.8 Å². The zero-order valence-corrected chi connectivity index (χ0v) is 16.5. The Morgan fingerprint density at radius 3 is 2.17 bits per heavy atom. The first-order valence-corrected chi connectivity index (χ1v) is 10.6. The Labute approximate surface area is 151 Å². The van der Waals surface area contributed by atoms with Gasteiger partial charge in [0.15, 0.2) is 0 Å². The maximum absolute atomic E-state index is 12.1. The summed E-state index contributed by atoms with van der Waals surface area (Å²) in [6.07, 6.45) is 1.37. The van der Waals surface area contributed by atoms with Crippen molar-refractivity contribution in [3.63, 3.8) is 0 Å². The van der Waals surface area contributed by atoms with Crippen molar-refractivity contribution in [2.24, 2.45) is 0 Å². The first kappa shape index (κ1) is 23.1. The average molecular weight is 400 g/mol. The molecule has 0 heterocycles. The molecule has 0 amide bonds. The lowest BCUT2D eigenvalue weighted by atomic mass is 10.3. The summed E-state index contributed by atoms with van der Waals surface area (Å²) in [6.45, 7) is 4.04. The number of benzene rings is 1. The summed E-state index contributed by atoms with van der Waals surface area (Å²) in [6, 6.07) is 5.65. The predicted molar refractivity (Wildman–Crippen MR) is 99.7 cm³/mol. The van der Waals surface area contributed by atoms with Crippen LogP contribution in [0.5, 0.6) is 0 Å². The maximum Gasteiger partial charge on any atom is 0.240 e. The first-order valence-electron chi connectivity index (χ1n) is 7.47. The fraction of sp³-hybridized carbons (Fsp3) is 0.571. The molecule has 0 aliphatic carbocycles. The highest BCUT2D eigenvalue weighted by atomic mass is 35.5. The molecular weight excluding hydrogens is 374 g/mol. The van der Waals surface area contributed by atoms with E-state index in [1.807, 2.05) is 13.8 Å². The highest BCUT2D eigenvalue weighted by molar-refractivity contribution is 7.92. The van der Waals surface area contributed by atoms with Crippen LogP contribution in [0.15, 0.2) is 29.2 Å². The Hall–Kier alpha value is -0.870. The summed E-state index contributed by atoms with van der Waals surface area (Å²) in [4.78, 5) is 0.0947. The molecule has 3 N–H and O–H groups in total. The third kappa shape index (κ3) is 7.80. The Balaban J connectivity index is 0.00000529. The van der Waals surface area contributed by atoms with Gasteiger partial charge in [0.05, 0.1) is 10.6 Å². The number of nitrogens with one attached hydrogen (secondary N) is 3. The summed E-state index contributed by atoms with van der Waals surface area (Å²) in [5.41, 5.74) is 0.351. The lowest BCUT2D eigenvalue weighted by Gasteiger charge is -2.12. The molecule has 1 atom stereocenters. The molecular formula is C14H26ClN3O4S2. The van der Waals surface area contributed by atoms with Crippen LogP contribution in [0.25, 0.3) is 0 Å². The second kappa shape index (κ2) is 10.2. The molecule has 0 fully saturated rings. The minimum absolute atomic E-state index is 0. The van der Waals surface area contributed by atoms with Gasteiger partial charge < -0.3 is 5.32 Å². The molecule has 0 saturated heterocycles. The van der Waals surface area contributed by atoms with Crippen molar-refractivity contribution >= 4 is 38.1 Å². The molecule has 7 nitrogen and oxygen atoms in total.